The van der Waals surface area contributed by atoms with Gasteiger partial charge in [-0.3, -0.25) is 0 Å². The predicted octanol–water partition coefficient (Wildman–Crippen LogP) is 1.09. The molecule has 4 N–H and O–H groups in total. The van der Waals surface area contributed by atoms with E-state index in [2.05, 4.69) is 19.9 Å². The molecule has 2 rings (SSSR count). The summed E-state index contributed by atoms with van der Waals surface area (Å²) in [5, 5.41) is 2.00. The SMILES string of the molecule is Cc1csc(SCc2nc(N)nc(N)n2)n1. The van der Waals surface area contributed by atoms with Gasteiger partial charge in [-0.15, -0.1) is 11.3 Å². The number of nitrogens with zero attached hydrogens (tertiary/aromatic N) is 4. The summed E-state index contributed by atoms with van der Waals surface area (Å²) in [6, 6.07) is 0. The summed E-state index contributed by atoms with van der Waals surface area (Å²) in [5.41, 5.74) is 12.0. The van der Waals surface area contributed by atoms with Gasteiger partial charge in [0.25, 0.3) is 0 Å². The van der Waals surface area contributed by atoms with Crippen molar-refractivity contribution in [1.82, 2.24) is 19.9 Å². The van der Waals surface area contributed by atoms with Crippen molar-refractivity contribution in [3.05, 3.63) is 16.9 Å². The molecular formula is C8H10N6S2. The van der Waals surface area contributed by atoms with Crippen LogP contribution in [0.5, 0.6) is 0 Å². The number of thiazole rings is 1. The molecule has 16 heavy (non-hydrogen) atoms. The molecule has 2 aromatic rings. The van der Waals surface area contributed by atoms with Crippen LogP contribution in [-0.2, 0) is 5.75 Å². The molecule has 0 atom stereocenters. The number of nitrogens with two attached hydrogens (primary N) is 2. The maximum Gasteiger partial charge on any atom is 0.225 e. The van der Waals surface area contributed by atoms with Crippen LogP contribution < -0.4 is 11.5 Å². The third-order valence-electron chi connectivity index (χ3n) is 1.64. The van der Waals surface area contributed by atoms with Crippen molar-refractivity contribution in [3.63, 3.8) is 0 Å². The van der Waals surface area contributed by atoms with Crippen molar-refractivity contribution in [3.8, 4) is 0 Å². The smallest absolute Gasteiger partial charge is 0.225 e. The zero-order chi connectivity index (χ0) is 11.5. The molecule has 0 unspecified atom stereocenters. The van der Waals surface area contributed by atoms with E-state index in [-0.39, 0.29) is 11.9 Å². The minimum atomic E-state index is 0.151. The van der Waals surface area contributed by atoms with Crippen LogP contribution in [0.15, 0.2) is 9.72 Å². The monoisotopic (exact) mass is 254 g/mol. The normalized spacial score (nSPS) is 10.6. The highest BCUT2D eigenvalue weighted by atomic mass is 32.2. The van der Waals surface area contributed by atoms with Crippen LogP contribution in [0, 0.1) is 6.92 Å². The molecule has 0 aliphatic rings. The Morgan fingerprint density at radius 3 is 2.44 bits per heavy atom. The Kier molecular flexibility index (Phi) is 3.20. The minimum Gasteiger partial charge on any atom is -0.368 e. The molecular weight excluding hydrogens is 244 g/mol. The Hall–Kier alpha value is -1.41. The van der Waals surface area contributed by atoms with E-state index in [1.807, 2.05) is 12.3 Å². The summed E-state index contributed by atoms with van der Waals surface area (Å²) in [6.45, 7) is 1.96. The average molecular weight is 254 g/mol. The van der Waals surface area contributed by atoms with E-state index < -0.39 is 0 Å². The number of anilines is 2. The van der Waals surface area contributed by atoms with E-state index >= 15 is 0 Å². The van der Waals surface area contributed by atoms with Gasteiger partial charge in [0.1, 0.15) is 5.82 Å². The first-order valence-electron chi connectivity index (χ1n) is 4.44. The van der Waals surface area contributed by atoms with Crippen molar-refractivity contribution >= 4 is 35.0 Å². The summed E-state index contributed by atoms with van der Waals surface area (Å²) < 4.78 is 0.982. The van der Waals surface area contributed by atoms with Crippen molar-refractivity contribution in [2.24, 2.45) is 0 Å². The van der Waals surface area contributed by atoms with Gasteiger partial charge in [0.05, 0.1) is 5.75 Å². The van der Waals surface area contributed by atoms with Gasteiger partial charge < -0.3 is 11.5 Å². The first-order valence-corrected chi connectivity index (χ1v) is 6.31. The molecule has 0 spiro atoms. The number of aromatic nitrogens is 4. The standard InChI is InChI=1S/C8H10N6S2/c1-4-2-15-8(11-4)16-3-5-12-6(9)14-7(10)13-5/h2H,3H2,1H3,(H4,9,10,12,13,14). The summed E-state index contributed by atoms with van der Waals surface area (Å²) in [6.07, 6.45) is 0. The van der Waals surface area contributed by atoms with Gasteiger partial charge in [-0.25, -0.2) is 4.98 Å². The van der Waals surface area contributed by atoms with Crippen LogP contribution in [0.3, 0.4) is 0 Å². The first-order chi connectivity index (χ1) is 7.63. The van der Waals surface area contributed by atoms with E-state index in [1.54, 1.807) is 23.1 Å². The van der Waals surface area contributed by atoms with Crippen molar-refractivity contribution in [1.29, 1.82) is 0 Å². The lowest BCUT2D eigenvalue weighted by Crippen LogP contribution is -2.05. The molecule has 2 aromatic heterocycles. The van der Waals surface area contributed by atoms with Gasteiger partial charge in [0.2, 0.25) is 11.9 Å². The molecule has 6 nitrogen and oxygen atoms in total. The topological polar surface area (TPSA) is 104 Å². The zero-order valence-corrected chi connectivity index (χ0v) is 10.2. The van der Waals surface area contributed by atoms with Crippen LogP contribution in [-0.4, -0.2) is 19.9 Å². The lowest BCUT2D eigenvalue weighted by Gasteiger charge is -1.99. The van der Waals surface area contributed by atoms with Gasteiger partial charge in [0, 0.05) is 11.1 Å². The molecule has 0 fully saturated rings. The predicted molar refractivity (Wildman–Crippen MR) is 65.1 cm³/mol. The molecule has 0 aliphatic heterocycles. The second-order valence-electron chi connectivity index (χ2n) is 3.01. The fourth-order valence-corrected chi connectivity index (χ4v) is 2.75. The molecule has 0 saturated carbocycles. The van der Waals surface area contributed by atoms with Crippen LogP contribution in [0.4, 0.5) is 11.9 Å². The molecule has 8 heteroatoms. The molecule has 2 heterocycles. The Morgan fingerprint density at radius 2 is 1.88 bits per heavy atom. The van der Waals surface area contributed by atoms with E-state index in [0.29, 0.717) is 11.6 Å². The van der Waals surface area contributed by atoms with Crippen molar-refractivity contribution in [2.45, 2.75) is 17.0 Å². The zero-order valence-electron chi connectivity index (χ0n) is 8.54. The van der Waals surface area contributed by atoms with Crippen LogP contribution >= 0.6 is 23.1 Å². The average Bonchev–Trinajstić information content (AvgIpc) is 2.60. The molecule has 0 bridgehead atoms. The quantitative estimate of drug-likeness (QED) is 0.790. The van der Waals surface area contributed by atoms with E-state index in [4.69, 9.17) is 11.5 Å². The Bertz CT molecular complexity index is 477. The number of rotatable bonds is 3. The number of nitrogen functional groups attached to an aromatic ring is 2. The maximum absolute atomic E-state index is 5.47. The highest BCUT2D eigenvalue weighted by Gasteiger charge is 2.05. The van der Waals surface area contributed by atoms with Crippen LogP contribution in [0.25, 0.3) is 0 Å². The van der Waals surface area contributed by atoms with Gasteiger partial charge in [0.15, 0.2) is 4.34 Å². The Labute approximate surface area is 101 Å². The molecule has 0 saturated heterocycles. The van der Waals surface area contributed by atoms with Crippen molar-refractivity contribution in [2.75, 3.05) is 11.5 Å². The number of hydrogen-bond acceptors (Lipinski definition) is 8. The molecule has 0 radical (unpaired) electrons. The highest BCUT2D eigenvalue weighted by molar-refractivity contribution is 8.00. The van der Waals surface area contributed by atoms with Gasteiger partial charge in [-0.2, -0.15) is 15.0 Å². The van der Waals surface area contributed by atoms with Gasteiger partial charge in [-0.1, -0.05) is 11.8 Å². The van der Waals surface area contributed by atoms with Crippen LogP contribution in [0.1, 0.15) is 11.5 Å². The lowest BCUT2D eigenvalue weighted by molar-refractivity contribution is 0.986. The minimum absolute atomic E-state index is 0.151. The van der Waals surface area contributed by atoms with E-state index in [9.17, 15) is 0 Å². The first kappa shape index (κ1) is 11.1. The fraction of sp³-hybridized carbons (Fsp3) is 0.250. The van der Waals surface area contributed by atoms with Crippen LogP contribution in [0.2, 0.25) is 0 Å². The lowest BCUT2D eigenvalue weighted by atomic mass is 10.6. The number of thioether (sulfide) groups is 1. The van der Waals surface area contributed by atoms with E-state index in [1.165, 1.54) is 0 Å². The molecule has 84 valence electrons. The molecule has 0 aromatic carbocycles. The number of aryl methyl sites for hydroxylation is 1. The largest absolute Gasteiger partial charge is 0.368 e. The second kappa shape index (κ2) is 4.62. The highest BCUT2D eigenvalue weighted by Crippen LogP contribution is 2.24. The second-order valence-corrected chi connectivity index (χ2v) is 5.09. The summed E-state index contributed by atoms with van der Waals surface area (Å²) in [7, 11) is 0. The number of hydrogen-bond donors (Lipinski definition) is 2. The Balaban J connectivity index is 2.04. The Morgan fingerprint density at radius 1 is 1.19 bits per heavy atom. The molecule has 0 aliphatic carbocycles. The summed E-state index contributed by atoms with van der Waals surface area (Å²) >= 11 is 3.15. The molecule has 0 amide bonds. The third kappa shape index (κ3) is 2.80. The summed E-state index contributed by atoms with van der Waals surface area (Å²) in [5.74, 6) is 1.46. The fourth-order valence-electron chi connectivity index (χ4n) is 1.05. The summed E-state index contributed by atoms with van der Waals surface area (Å²) in [4.78, 5) is 16.0. The van der Waals surface area contributed by atoms with Gasteiger partial charge >= 0.3 is 0 Å². The van der Waals surface area contributed by atoms with E-state index in [0.717, 1.165) is 10.0 Å². The van der Waals surface area contributed by atoms with Gasteiger partial charge in [-0.05, 0) is 6.92 Å². The third-order valence-corrected chi connectivity index (χ3v) is 3.77. The van der Waals surface area contributed by atoms with Crippen molar-refractivity contribution < 1.29 is 0 Å². The maximum atomic E-state index is 5.47.